The molecule has 0 aromatic heterocycles. The summed E-state index contributed by atoms with van der Waals surface area (Å²) in [6.07, 6.45) is 0.483. The third-order valence-corrected chi connectivity index (χ3v) is 2.46. The number of nitrogens with zero attached hydrogens (tertiary/aromatic N) is 1. The summed E-state index contributed by atoms with van der Waals surface area (Å²) in [6, 6.07) is 6.27. The maximum atomic E-state index is 11.8. The molecule has 1 aromatic carbocycles. The highest BCUT2D eigenvalue weighted by Crippen LogP contribution is 2.16. The second-order valence-corrected chi connectivity index (χ2v) is 4.40. The molecule has 1 rings (SSSR count). The van der Waals surface area contributed by atoms with Crippen molar-refractivity contribution in [1.29, 1.82) is 0 Å². The lowest BCUT2D eigenvalue weighted by atomic mass is 10.1. The molecule has 0 saturated carbocycles. The average molecular weight is 235 g/mol. The molecule has 92 valence electrons. The molecule has 0 bridgehead atoms. The Hall–Kier alpha value is -1.84. The minimum Gasteiger partial charge on any atom is -0.478 e. The summed E-state index contributed by atoms with van der Waals surface area (Å²) in [7, 11) is 1.69. The van der Waals surface area contributed by atoms with Gasteiger partial charge in [0.05, 0.1) is 5.56 Å². The zero-order valence-corrected chi connectivity index (χ0v) is 10.3. The number of anilines is 1. The fourth-order valence-electron chi connectivity index (χ4n) is 1.46. The Labute approximate surface area is 101 Å². The Bertz CT molecular complexity index is 409. The molecule has 0 heterocycles. The van der Waals surface area contributed by atoms with E-state index in [4.69, 9.17) is 5.11 Å². The number of carboxylic acid groups (broad SMARTS) is 1. The maximum Gasteiger partial charge on any atom is 0.335 e. The van der Waals surface area contributed by atoms with Crippen LogP contribution in [-0.4, -0.2) is 24.0 Å². The number of rotatable bonds is 4. The van der Waals surface area contributed by atoms with E-state index in [0.717, 1.165) is 0 Å². The number of carboxylic acids is 1. The fourth-order valence-corrected chi connectivity index (χ4v) is 1.46. The van der Waals surface area contributed by atoms with Crippen molar-refractivity contribution in [1.82, 2.24) is 0 Å². The number of hydrogen-bond acceptors (Lipinski definition) is 2. The van der Waals surface area contributed by atoms with Crippen LogP contribution in [0.5, 0.6) is 0 Å². The van der Waals surface area contributed by atoms with Crippen molar-refractivity contribution in [3.05, 3.63) is 29.8 Å². The first kappa shape index (κ1) is 13.2. The van der Waals surface area contributed by atoms with Crippen LogP contribution in [0, 0.1) is 5.92 Å². The lowest BCUT2D eigenvalue weighted by Crippen LogP contribution is -2.27. The Morgan fingerprint density at radius 3 is 2.18 bits per heavy atom. The first-order valence-corrected chi connectivity index (χ1v) is 5.51. The predicted octanol–water partition coefficient (Wildman–Crippen LogP) is 2.39. The van der Waals surface area contributed by atoms with Crippen molar-refractivity contribution in [3.63, 3.8) is 0 Å². The van der Waals surface area contributed by atoms with Crippen LogP contribution in [0.15, 0.2) is 24.3 Å². The standard InChI is InChI=1S/C13H17NO3/c1-9(2)8-12(15)14(3)11-6-4-10(5-7-11)13(16)17/h4-7,9H,8H2,1-3H3,(H,16,17). The van der Waals surface area contributed by atoms with Gasteiger partial charge in [-0.05, 0) is 30.2 Å². The molecule has 0 unspecified atom stereocenters. The molecule has 0 saturated heterocycles. The maximum absolute atomic E-state index is 11.8. The number of hydrogen-bond donors (Lipinski definition) is 1. The van der Waals surface area contributed by atoms with Crippen molar-refractivity contribution in [2.45, 2.75) is 20.3 Å². The fraction of sp³-hybridized carbons (Fsp3) is 0.385. The number of carbonyl (C=O) groups excluding carboxylic acids is 1. The number of aromatic carboxylic acids is 1. The molecule has 0 aliphatic carbocycles. The van der Waals surface area contributed by atoms with Gasteiger partial charge in [-0.1, -0.05) is 13.8 Å². The predicted molar refractivity (Wildman–Crippen MR) is 66.3 cm³/mol. The summed E-state index contributed by atoms with van der Waals surface area (Å²) in [4.78, 5) is 24.0. The molecule has 0 aliphatic heterocycles. The van der Waals surface area contributed by atoms with E-state index >= 15 is 0 Å². The van der Waals surface area contributed by atoms with Gasteiger partial charge in [0, 0.05) is 19.2 Å². The molecular weight excluding hydrogens is 218 g/mol. The van der Waals surface area contributed by atoms with E-state index < -0.39 is 5.97 Å². The third-order valence-electron chi connectivity index (χ3n) is 2.46. The van der Waals surface area contributed by atoms with Gasteiger partial charge in [0.1, 0.15) is 0 Å². The molecular formula is C13H17NO3. The minimum atomic E-state index is -0.965. The molecule has 0 atom stereocenters. The van der Waals surface area contributed by atoms with E-state index in [1.807, 2.05) is 13.8 Å². The van der Waals surface area contributed by atoms with Crippen LogP contribution in [0.3, 0.4) is 0 Å². The van der Waals surface area contributed by atoms with E-state index in [1.165, 1.54) is 12.1 Å². The van der Waals surface area contributed by atoms with Gasteiger partial charge in [-0.25, -0.2) is 4.79 Å². The molecule has 17 heavy (non-hydrogen) atoms. The van der Waals surface area contributed by atoms with Gasteiger partial charge in [-0.15, -0.1) is 0 Å². The third kappa shape index (κ3) is 3.59. The second-order valence-electron chi connectivity index (χ2n) is 4.40. The minimum absolute atomic E-state index is 0.0306. The van der Waals surface area contributed by atoms with Gasteiger partial charge in [-0.2, -0.15) is 0 Å². The van der Waals surface area contributed by atoms with Crippen molar-refractivity contribution in [2.75, 3.05) is 11.9 Å². The molecule has 1 N–H and O–H groups in total. The van der Waals surface area contributed by atoms with E-state index in [-0.39, 0.29) is 11.5 Å². The Morgan fingerprint density at radius 1 is 1.24 bits per heavy atom. The summed E-state index contributed by atoms with van der Waals surface area (Å²) >= 11 is 0. The summed E-state index contributed by atoms with van der Waals surface area (Å²) in [5.41, 5.74) is 0.930. The molecule has 0 fully saturated rings. The van der Waals surface area contributed by atoms with Gasteiger partial charge >= 0.3 is 5.97 Å². The largest absolute Gasteiger partial charge is 0.478 e. The first-order chi connectivity index (χ1) is 7.91. The van der Waals surface area contributed by atoms with Crippen LogP contribution in [0.4, 0.5) is 5.69 Å². The second kappa shape index (κ2) is 5.48. The number of benzene rings is 1. The van der Waals surface area contributed by atoms with Crippen molar-refractivity contribution < 1.29 is 14.7 Å². The van der Waals surface area contributed by atoms with Gasteiger partial charge in [0.15, 0.2) is 0 Å². The quantitative estimate of drug-likeness (QED) is 0.871. The van der Waals surface area contributed by atoms with Gasteiger partial charge in [0.2, 0.25) is 5.91 Å². The summed E-state index contributed by atoms with van der Waals surface area (Å²) in [6.45, 7) is 3.97. The topological polar surface area (TPSA) is 57.6 Å². The molecule has 4 nitrogen and oxygen atoms in total. The summed E-state index contributed by atoms with van der Waals surface area (Å²) in [5, 5.41) is 8.76. The normalized spacial score (nSPS) is 10.4. The summed E-state index contributed by atoms with van der Waals surface area (Å²) < 4.78 is 0. The van der Waals surface area contributed by atoms with Gasteiger partial charge in [0.25, 0.3) is 0 Å². The van der Waals surface area contributed by atoms with Crippen LogP contribution >= 0.6 is 0 Å². The van der Waals surface area contributed by atoms with E-state index in [1.54, 1.807) is 24.1 Å². The van der Waals surface area contributed by atoms with E-state index in [0.29, 0.717) is 18.0 Å². The highest BCUT2D eigenvalue weighted by Gasteiger charge is 2.12. The van der Waals surface area contributed by atoms with Crippen molar-refractivity contribution >= 4 is 17.6 Å². The van der Waals surface area contributed by atoms with Crippen molar-refractivity contribution in [2.24, 2.45) is 5.92 Å². The molecule has 1 amide bonds. The van der Waals surface area contributed by atoms with Crippen LogP contribution in [0.2, 0.25) is 0 Å². The van der Waals surface area contributed by atoms with Gasteiger partial charge < -0.3 is 10.0 Å². The highest BCUT2D eigenvalue weighted by atomic mass is 16.4. The number of carbonyl (C=O) groups is 2. The van der Waals surface area contributed by atoms with E-state index in [9.17, 15) is 9.59 Å². The SMILES string of the molecule is CC(C)CC(=O)N(C)c1ccc(C(=O)O)cc1. The average Bonchev–Trinajstić information content (AvgIpc) is 2.27. The summed E-state index contributed by atoms with van der Waals surface area (Å²) in [5.74, 6) is -0.626. The molecule has 0 aliphatic rings. The zero-order valence-electron chi connectivity index (χ0n) is 10.3. The molecule has 0 radical (unpaired) electrons. The Kier molecular flexibility index (Phi) is 4.26. The Morgan fingerprint density at radius 2 is 1.76 bits per heavy atom. The lowest BCUT2D eigenvalue weighted by molar-refractivity contribution is -0.119. The van der Waals surface area contributed by atoms with E-state index in [2.05, 4.69) is 0 Å². The molecule has 4 heteroatoms. The molecule has 1 aromatic rings. The highest BCUT2D eigenvalue weighted by molar-refractivity contribution is 5.94. The Balaban J connectivity index is 2.79. The smallest absolute Gasteiger partial charge is 0.335 e. The van der Waals surface area contributed by atoms with Crippen molar-refractivity contribution in [3.8, 4) is 0 Å². The van der Waals surface area contributed by atoms with Crippen LogP contribution in [0.1, 0.15) is 30.6 Å². The first-order valence-electron chi connectivity index (χ1n) is 5.51. The molecule has 0 spiro atoms. The monoisotopic (exact) mass is 235 g/mol. The van der Waals surface area contributed by atoms with Crippen LogP contribution < -0.4 is 4.90 Å². The number of amides is 1. The van der Waals surface area contributed by atoms with Crippen LogP contribution in [0.25, 0.3) is 0 Å². The zero-order chi connectivity index (χ0) is 13.0. The van der Waals surface area contributed by atoms with Crippen LogP contribution in [-0.2, 0) is 4.79 Å². The lowest BCUT2D eigenvalue weighted by Gasteiger charge is -2.18. The van der Waals surface area contributed by atoms with Gasteiger partial charge in [-0.3, -0.25) is 4.79 Å².